The predicted octanol–water partition coefficient (Wildman–Crippen LogP) is 3.54. The van der Waals surface area contributed by atoms with Gasteiger partial charge in [0.25, 0.3) is 0 Å². The smallest absolute Gasteiger partial charge is 0.231 e. The van der Waals surface area contributed by atoms with Crippen molar-refractivity contribution in [3.63, 3.8) is 0 Å². The maximum atomic E-state index is 9.24. The fraction of sp³-hybridized carbons (Fsp3) is 0.0714. The fourth-order valence-electron chi connectivity index (χ4n) is 1.76. The first-order valence-corrected chi connectivity index (χ1v) is 6.30. The molecule has 0 atom stereocenters. The van der Waals surface area contributed by atoms with Crippen molar-refractivity contribution in [1.29, 1.82) is 5.26 Å². The van der Waals surface area contributed by atoms with E-state index in [9.17, 15) is 5.26 Å². The summed E-state index contributed by atoms with van der Waals surface area (Å²) in [7, 11) is 0. The van der Waals surface area contributed by atoms with Gasteiger partial charge in [0.2, 0.25) is 6.79 Å². The highest BCUT2D eigenvalue weighted by Gasteiger charge is 2.14. The summed E-state index contributed by atoms with van der Waals surface area (Å²) < 4.78 is 10.6. The molecule has 0 unspecified atom stereocenters. The van der Waals surface area contributed by atoms with Crippen LogP contribution in [0.15, 0.2) is 35.7 Å². The van der Waals surface area contributed by atoms with Crippen molar-refractivity contribution in [3.8, 4) is 17.6 Å². The quantitative estimate of drug-likeness (QED) is 0.771. The summed E-state index contributed by atoms with van der Waals surface area (Å²) in [6.45, 7) is 0.245. The third kappa shape index (κ3) is 1.96. The van der Waals surface area contributed by atoms with E-state index in [4.69, 9.17) is 9.47 Å². The average Bonchev–Trinajstić information content (AvgIpc) is 3.06. The maximum absolute atomic E-state index is 9.24. The Kier molecular flexibility index (Phi) is 2.75. The van der Waals surface area contributed by atoms with Crippen LogP contribution < -0.4 is 9.47 Å². The zero-order valence-electron chi connectivity index (χ0n) is 9.42. The van der Waals surface area contributed by atoms with Crippen LogP contribution in [0.1, 0.15) is 10.4 Å². The summed E-state index contributed by atoms with van der Waals surface area (Å²) in [6, 6.07) is 11.7. The van der Waals surface area contributed by atoms with Gasteiger partial charge in [0.1, 0.15) is 0 Å². The number of hydrogen-bond donors (Lipinski definition) is 0. The summed E-state index contributed by atoms with van der Waals surface area (Å²) in [5.41, 5.74) is 1.46. The average molecular weight is 255 g/mol. The highest BCUT2D eigenvalue weighted by atomic mass is 32.1. The summed E-state index contributed by atoms with van der Waals surface area (Å²) in [5, 5.41) is 11.2. The Morgan fingerprint density at radius 1 is 1.28 bits per heavy atom. The number of ether oxygens (including phenoxy) is 2. The van der Waals surface area contributed by atoms with Crippen LogP contribution in [-0.2, 0) is 0 Å². The normalized spacial score (nSPS) is 13.4. The number of rotatable bonds is 2. The van der Waals surface area contributed by atoms with Crippen LogP contribution in [0.3, 0.4) is 0 Å². The van der Waals surface area contributed by atoms with Crippen molar-refractivity contribution < 1.29 is 9.47 Å². The molecular formula is C14H9NO2S. The minimum atomic E-state index is 0.245. The molecule has 0 bridgehead atoms. The largest absolute Gasteiger partial charge is 0.454 e. The first-order chi connectivity index (χ1) is 8.86. The van der Waals surface area contributed by atoms with Gasteiger partial charge in [-0.3, -0.25) is 0 Å². The summed E-state index contributed by atoms with van der Waals surface area (Å²) >= 11 is 1.60. The van der Waals surface area contributed by atoms with Gasteiger partial charge in [-0.2, -0.15) is 5.26 Å². The fourth-order valence-corrected chi connectivity index (χ4v) is 2.42. The Balaban J connectivity index is 2.00. The Morgan fingerprint density at radius 2 is 2.17 bits per heavy atom. The molecule has 3 nitrogen and oxygen atoms in total. The summed E-state index contributed by atoms with van der Waals surface area (Å²) in [4.78, 5) is 1.06. The van der Waals surface area contributed by atoms with Crippen LogP contribution in [0.2, 0.25) is 0 Å². The molecule has 1 aliphatic rings. The van der Waals surface area contributed by atoms with Gasteiger partial charge in [-0.25, -0.2) is 0 Å². The Hall–Kier alpha value is -2.25. The van der Waals surface area contributed by atoms with Gasteiger partial charge >= 0.3 is 0 Å². The molecule has 0 N–H and O–H groups in total. The SMILES string of the molecule is N#C/C(=C/c1cccs1)c1ccc2c(c1)OCO2. The van der Waals surface area contributed by atoms with Crippen molar-refractivity contribution in [3.05, 3.63) is 46.2 Å². The molecule has 0 fully saturated rings. The Bertz CT molecular complexity index is 638. The lowest BCUT2D eigenvalue weighted by molar-refractivity contribution is 0.174. The zero-order valence-corrected chi connectivity index (χ0v) is 10.2. The molecular weight excluding hydrogens is 246 g/mol. The van der Waals surface area contributed by atoms with Crippen LogP contribution in [0, 0.1) is 11.3 Å². The van der Waals surface area contributed by atoms with Gasteiger partial charge in [-0.05, 0) is 41.3 Å². The van der Waals surface area contributed by atoms with Crippen LogP contribution in [0.5, 0.6) is 11.5 Å². The molecule has 0 saturated carbocycles. The maximum Gasteiger partial charge on any atom is 0.231 e. The van der Waals surface area contributed by atoms with Gasteiger partial charge < -0.3 is 9.47 Å². The van der Waals surface area contributed by atoms with Crippen LogP contribution in [0.25, 0.3) is 11.6 Å². The van der Waals surface area contributed by atoms with Gasteiger partial charge in [-0.1, -0.05) is 6.07 Å². The van der Waals surface area contributed by atoms with Crippen molar-refractivity contribution in [2.24, 2.45) is 0 Å². The molecule has 1 aromatic carbocycles. The number of nitriles is 1. The lowest BCUT2D eigenvalue weighted by Crippen LogP contribution is -1.92. The molecule has 4 heteroatoms. The summed E-state index contributed by atoms with van der Waals surface area (Å²) in [5.74, 6) is 1.42. The minimum absolute atomic E-state index is 0.245. The number of benzene rings is 1. The van der Waals surface area contributed by atoms with Crippen LogP contribution in [0.4, 0.5) is 0 Å². The van der Waals surface area contributed by atoms with E-state index in [2.05, 4.69) is 6.07 Å². The first-order valence-electron chi connectivity index (χ1n) is 5.42. The number of allylic oxidation sites excluding steroid dienone is 1. The number of thiophene rings is 1. The molecule has 2 heterocycles. The second-order valence-corrected chi connectivity index (χ2v) is 4.73. The molecule has 0 amide bonds. The second kappa shape index (κ2) is 4.55. The van der Waals surface area contributed by atoms with Gasteiger partial charge in [-0.15, -0.1) is 11.3 Å². The summed E-state index contributed by atoms with van der Waals surface area (Å²) in [6.07, 6.45) is 1.88. The van der Waals surface area contributed by atoms with E-state index in [-0.39, 0.29) is 6.79 Å². The van der Waals surface area contributed by atoms with E-state index in [1.54, 1.807) is 11.3 Å². The lowest BCUT2D eigenvalue weighted by Gasteiger charge is -2.01. The highest BCUT2D eigenvalue weighted by Crippen LogP contribution is 2.34. The van der Waals surface area contributed by atoms with Crippen LogP contribution in [-0.4, -0.2) is 6.79 Å². The Labute approximate surface area is 109 Å². The van der Waals surface area contributed by atoms with E-state index < -0.39 is 0 Å². The predicted molar refractivity (Wildman–Crippen MR) is 70.4 cm³/mol. The van der Waals surface area contributed by atoms with E-state index in [0.717, 1.165) is 16.2 Å². The lowest BCUT2D eigenvalue weighted by atomic mass is 10.1. The second-order valence-electron chi connectivity index (χ2n) is 3.75. The van der Waals surface area contributed by atoms with Crippen molar-refractivity contribution in [2.75, 3.05) is 6.79 Å². The molecule has 1 aromatic heterocycles. The van der Waals surface area contributed by atoms with Gasteiger partial charge in [0.15, 0.2) is 11.5 Å². The Morgan fingerprint density at radius 3 is 2.94 bits per heavy atom. The van der Waals surface area contributed by atoms with E-state index in [1.807, 2.05) is 41.8 Å². The molecule has 0 saturated heterocycles. The molecule has 1 aliphatic heterocycles. The third-order valence-corrected chi connectivity index (χ3v) is 3.45. The molecule has 0 aliphatic carbocycles. The van der Waals surface area contributed by atoms with Crippen LogP contribution >= 0.6 is 11.3 Å². The topological polar surface area (TPSA) is 42.2 Å². The monoisotopic (exact) mass is 255 g/mol. The number of hydrogen-bond acceptors (Lipinski definition) is 4. The minimum Gasteiger partial charge on any atom is -0.454 e. The molecule has 88 valence electrons. The highest BCUT2D eigenvalue weighted by molar-refractivity contribution is 7.10. The van der Waals surface area contributed by atoms with Gasteiger partial charge in [0.05, 0.1) is 11.6 Å². The molecule has 2 aromatic rings. The molecule has 0 radical (unpaired) electrons. The number of nitrogens with zero attached hydrogens (tertiary/aromatic N) is 1. The first kappa shape index (κ1) is 10.9. The zero-order chi connectivity index (χ0) is 12.4. The molecule has 0 spiro atoms. The van der Waals surface area contributed by atoms with Gasteiger partial charge in [0, 0.05) is 4.88 Å². The van der Waals surface area contributed by atoms with E-state index >= 15 is 0 Å². The third-order valence-electron chi connectivity index (χ3n) is 2.63. The van der Waals surface area contributed by atoms with E-state index in [1.165, 1.54) is 0 Å². The molecule has 3 rings (SSSR count). The van der Waals surface area contributed by atoms with Crippen molar-refractivity contribution in [1.82, 2.24) is 0 Å². The standard InChI is InChI=1S/C14H9NO2S/c15-8-11(6-12-2-1-5-18-12)10-3-4-13-14(7-10)17-9-16-13/h1-7H,9H2/b11-6-. The number of fused-ring (bicyclic) bond motifs is 1. The van der Waals surface area contributed by atoms with Crippen molar-refractivity contribution in [2.45, 2.75) is 0 Å². The van der Waals surface area contributed by atoms with E-state index in [0.29, 0.717) is 11.3 Å². The van der Waals surface area contributed by atoms with Crippen molar-refractivity contribution >= 4 is 23.0 Å². The molecule has 18 heavy (non-hydrogen) atoms.